The van der Waals surface area contributed by atoms with Crippen LogP contribution in [-0.4, -0.2) is 0 Å². The molecule has 0 bridgehead atoms. The molecule has 0 saturated heterocycles. The molecule has 2 aromatic carbocycles. The van der Waals surface area contributed by atoms with E-state index in [0.717, 1.165) is 11.1 Å². The minimum atomic E-state index is -0.239. The van der Waals surface area contributed by atoms with Gasteiger partial charge in [0.05, 0.1) is 0 Å². The zero-order valence-corrected chi connectivity index (χ0v) is 11.1. The van der Waals surface area contributed by atoms with Crippen LogP contribution in [0.4, 0.5) is 8.78 Å². The van der Waals surface area contributed by atoms with Crippen LogP contribution in [0.1, 0.15) is 29.7 Å². The first kappa shape index (κ1) is 13.7. The molecule has 0 aromatic heterocycles. The van der Waals surface area contributed by atoms with Crippen LogP contribution in [0.3, 0.4) is 0 Å². The van der Waals surface area contributed by atoms with Gasteiger partial charge in [-0.25, -0.2) is 8.78 Å². The number of rotatable bonds is 4. The highest BCUT2D eigenvalue weighted by Crippen LogP contribution is 2.14. The topological polar surface area (TPSA) is 12.0 Å². The Morgan fingerprint density at radius 2 is 1.74 bits per heavy atom. The van der Waals surface area contributed by atoms with Crippen molar-refractivity contribution in [2.45, 2.75) is 26.4 Å². The Balaban J connectivity index is 1.98. The summed E-state index contributed by atoms with van der Waals surface area (Å²) in [7, 11) is 0. The fraction of sp³-hybridized carbons (Fsp3) is 0.250. The van der Waals surface area contributed by atoms with Crippen LogP contribution in [-0.2, 0) is 6.54 Å². The third-order valence-corrected chi connectivity index (χ3v) is 3.22. The predicted octanol–water partition coefficient (Wildman–Crippen LogP) is 4.12. The number of halogens is 2. The lowest BCUT2D eigenvalue weighted by atomic mass is 10.1. The molecule has 1 atom stereocenters. The minimum absolute atomic E-state index is 0.0879. The molecule has 0 fully saturated rings. The average Bonchev–Trinajstić information content (AvgIpc) is 2.40. The van der Waals surface area contributed by atoms with Crippen LogP contribution < -0.4 is 5.32 Å². The van der Waals surface area contributed by atoms with Gasteiger partial charge < -0.3 is 5.32 Å². The summed E-state index contributed by atoms with van der Waals surface area (Å²) in [5.74, 6) is -0.426. The predicted molar refractivity (Wildman–Crippen MR) is 72.8 cm³/mol. The quantitative estimate of drug-likeness (QED) is 0.872. The van der Waals surface area contributed by atoms with E-state index in [-0.39, 0.29) is 17.7 Å². The fourth-order valence-corrected chi connectivity index (χ4v) is 1.89. The number of nitrogens with one attached hydrogen (secondary N) is 1. The van der Waals surface area contributed by atoms with E-state index in [9.17, 15) is 8.78 Å². The van der Waals surface area contributed by atoms with Crippen molar-refractivity contribution >= 4 is 0 Å². The van der Waals surface area contributed by atoms with Crippen LogP contribution >= 0.6 is 0 Å². The molecule has 2 rings (SSSR count). The maximum atomic E-state index is 13.4. The molecule has 3 heteroatoms. The molecule has 0 aliphatic carbocycles. The molecule has 0 saturated carbocycles. The Bertz CT molecular complexity index is 549. The van der Waals surface area contributed by atoms with E-state index >= 15 is 0 Å². The maximum Gasteiger partial charge on any atom is 0.126 e. The first-order valence-corrected chi connectivity index (χ1v) is 6.30. The lowest BCUT2D eigenvalue weighted by Gasteiger charge is -2.14. The second-order valence-corrected chi connectivity index (χ2v) is 4.74. The fourth-order valence-electron chi connectivity index (χ4n) is 1.89. The second-order valence-electron chi connectivity index (χ2n) is 4.74. The van der Waals surface area contributed by atoms with Crippen LogP contribution in [0.5, 0.6) is 0 Å². The van der Waals surface area contributed by atoms with Crippen molar-refractivity contribution in [3.63, 3.8) is 0 Å². The highest BCUT2D eigenvalue weighted by molar-refractivity contribution is 5.24. The van der Waals surface area contributed by atoms with Crippen molar-refractivity contribution in [1.82, 2.24) is 5.32 Å². The molecule has 0 heterocycles. The van der Waals surface area contributed by atoms with Crippen LogP contribution in [0.25, 0.3) is 0 Å². The summed E-state index contributed by atoms with van der Waals surface area (Å²) >= 11 is 0. The SMILES string of the molecule is Cc1ccc(CN[C@@H](C)c2ccc(F)cc2)cc1F. The summed E-state index contributed by atoms with van der Waals surface area (Å²) in [6, 6.07) is 11.7. The largest absolute Gasteiger partial charge is 0.306 e. The van der Waals surface area contributed by atoms with E-state index in [1.165, 1.54) is 12.1 Å². The normalized spacial score (nSPS) is 12.4. The van der Waals surface area contributed by atoms with Crippen molar-refractivity contribution in [2.24, 2.45) is 0 Å². The maximum absolute atomic E-state index is 13.4. The Morgan fingerprint density at radius 3 is 2.37 bits per heavy atom. The van der Waals surface area contributed by atoms with Gasteiger partial charge in [-0.15, -0.1) is 0 Å². The number of hydrogen-bond acceptors (Lipinski definition) is 1. The van der Waals surface area contributed by atoms with Crippen LogP contribution in [0.15, 0.2) is 42.5 Å². The average molecular weight is 261 g/mol. The van der Waals surface area contributed by atoms with Gasteiger partial charge >= 0.3 is 0 Å². The summed E-state index contributed by atoms with van der Waals surface area (Å²) in [4.78, 5) is 0. The Morgan fingerprint density at radius 1 is 1.05 bits per heavy atom. The number of hydrogen-bond donors (Lipinski definition) is 1. The van der Waals surface area contributed by atoms with Crippen molar-refractivity contribution in [3.8, 4) is 0 Å². The molecular weight excluding hydrogens is 244 g/mol. The van der Waals surface area contributed by atoms with E-state index in [1.54, 1.807) is 31.2 Å². The van der Waals surface area contributed by atoms with Crippen molar-refractivity contribution in [2.75, 3.05) is 0 Å². The molecular formula is C16H17F2N. The molecule has 0 aliphatic rings. The first-order chi connectivity index (χ1) is 9.06. The zero-order valence-electron chi connectivity index (χ0n) is 11.1. The van der Waals surface area contributed by atoms with Crippen LogP contribution in [0.2, 0.25) is 0 Å². The van der Waals surface area contributed by atoms with Crippen LogP contribution in [0, 0.1) is 18.6 Å². The van der Waals surface area contributed by atoms with Gasteiger partial charge in [-0.3, -0.25) is 0 Å². The molecule has 0 aliphatic heterocycles. The van der Waals surface area contributed by atoms with Gasteiger partial charge in [-0.2, -0.15) is 0 Å². The summed E-state index contributed by atoms with van der Waals surface area (Å²) < 4.78 is 26.2. The van der Waals surface area contributed by atoms with Crippen molar-refractivity contribution < 1.29 is 8.78 Å². The van der Waals surface area contributed by atoms with E-state index in [4.69, 9.17) is 0 Å². The van der Waals surface area contributed by atoms with Gasteiger partial charge in [0.15, 0.2) is 0 Å². The van der Waals surface area contributed by atoms with Crippen molar-refractivity contribution in [1.29, 1.82) is 0 Å². The molecule has 19 heavy (non-hydrogen) atoms. The summed E-state index contributed by atoms with van der Waals surface area (Å²) in [6.45, 7) is 4.32. The highest BCUT2D eigenvalue weighted by Gasteiger charge is 2.06. The third-order valence-electron chi connectivity index (χ3n) is 3.22. The molecule has 1 nitrogen and oxygen atoms in total. The van der Waals surface area contributed by atoms with Gasteiger partial charge in [0.2, 0.25) is 0 Å². The lowest BCUT2D eigenvalue weighted by molar-refractivity contribution is 0.565. The Hall–Kier alpha value is -1.74. The molecule has 2 aromatic rings. The van der Waals surface area contributed by atoms with Gasteiger partial charge in [-0.1, -0.05) is 24.3 Å². The molecule has 1 N–H and O–H groups in total. The number of benzene rings is 2. The minimum Gasteiger partial charge on any atom is -0.306 e. The number of aryl methyl sites for hydroxylation is 1. The standard InChI is InChI=1S/C16H17F2N/c1-11-3-4-13(9-16(11)18)10-19-12(2)14-5-7-15(17)8-6-14/h3-9,12,19H,10H2,1-2H3/t12-/m0/s1. The highest BCUT2D eigenvalue weighted by atomic mass is 19.1. The Labute approximate surface area is 112 Å². The molecule has 0 spiro atoms. The smallest absolute Gasteiger partial charge is 0.126 e. The first-order valence-electron chi connectivity index (χ1n) is 6.30. The van der Waals surface area contributed by atoms with Crippen molar-refractivity contribution in [3.05, 3.63) is 70.8 Å². The zero-order chi connectivity index (χ0) is 13.8. The molecule has 0 unspecified atom stereocenters. The van der Waals surface area contributed by atoms with E-state index in [0.29, 0.717) is 12.1 Å². The van der Waals surface area contributed by atoms with E-state index in [1.807, 2.05) is 13.0 Å². The summed E-state index contributed by atoms with van der Waals surface area (Å²) in [5.41, 5.74) is 2.56. The third kappa shape index (κ3) is 3.61. The van der Waals surface area contributed by atoms with Gasteiger partial charge in [-0.05, 0) is 48.7 Å². The molecule has 0 amide bonds. The van der Waals surface area contributed by atoms with E-state index in [2.05, 4.69) is 5.32 Å². The van der Waals surface area contributed by atoms with E-state index < -0.39 is 0 Å². The second kappa shape index (κ2) is 5.93. The Kier molecular flexibility index (Phi) is 4.27. The monoisotopic (exact) mass is 261 g/mol. The summed E-state index contributed by atoms with van der Waals surface area (Å²) in [6.07, 6.45) is 0. The van der Waals surface area contributed by atoms with Gasteiger partial charge in [0.1, 0.15) is 11.6 Å². The van der Waals surface area contributed by atoms with Gasteiger partial charge in [0, 0.05) is 12.6 Å². The molecule has 100 valence electrons. The molecule has 0 radical (unpaired) electrons. The lowest BCUT2D eigenvalue weighted by Crippen LogP contribution is -2.18. The summed E-state index contributed by atoms with van der Waals surface area (Å²) in [5, 5.41) is 3.29. The van der Waals surface area contributed by atoms with Gasteiger partial charge in [0.25, 0.3) is 0 Å².